The molecule has 0 bridgehead atoms. The molecule has 1 aliphatic carbocycles. The van der Waals surface area contributed by atoms with Crippen LogP contribution in [0.25, 0.3) is 0 Å². The summed E-state index contributed by atoms with van der Waals surface area (Å²) in [6.07, 6.45) is 3.20. The Morgan fingerprint density at radius 2 is 2.00 bits per heavy atom. The summed E-state index contributed by atoms with van der Waals surface area (Å²) in [6.45, 7) is 2.55. The number of urea groups is 1. The predicted octanol–water partition coefficient (Wildman–Crippen LogP) is 1.16. The van der Waals surface area contributed by atoms with Crippen LogP contribution in [0.5, 0.6) is 5.75 Å². The Labute approximate surface area is 198 Å². The highest BCUT2D eigenvalue weighted by Crippen LogP contribution is 2.38. The van der Waals surface area contributed by atoms with Crippen molar-refractivity contribution in [2.24, 2.45) is 5.92 Å². The summed E-state index contributed by atoms with van der Waals surface area (Å²) < 4.78 is 37.8. The zero-order chi connectivity index (χ0) is 24.5. The molecular weight excluding hydrogens is 464 g/mol. The van der Waals surface area contributed by atoms with Crippen LogP contribution in [0.2, 0.25) is 0 Å². The average Bonchev–Trinajstić information content (AvgIpc) is 3.06. The first-order valence-electron chi connectivity index (χ1n) is 11.4. The summed E-state index contributed by atoms with van der Waals surface area (Å²) in [5.41, 5.74) is -0.825. The maximum absolute atomic E-state index is 13.1. The molecule has 0 radical (unpaired) electrons. The molecule has 3 fully saturated rings. The number of amides is 4. The van der Waals surface area contributed by atoms with Crippen LogP contribution in [0, 0.1) is 5.92 Å². The predicted molar refractivity (Wildman–Crippen MR) is 122 cm³/mol. The van der Waals surface area contributed by atoms with Gasteiger partial charge in [0.25, 0.3) is 5.91 Å². The number of nitrogens with one attached hydrogen (secondary N) is 2. The van der Waals surface area contributed by atoms with Gasteiger partial charge in [-0.2, -0.15) is 4.31 Å². The first-order valence-corrected chi connectivity index (χ1v) is 12.8. The molecule has 2 atom stereocenters. The SMILES string of the molecule is COc1ccc(S(=O)(=O)N2CCOCC2)cc1NC(=O)CN1C(=O)N[C@@]2(CCCC[C@H]2C)C1=O. The lowest BCUT2D eigenvalue weighted by Gasteiger charge is -2.36. The van der Waals surface area contributed by atoms with E-state index in [0.29, 0.717) is 19.6 Å². The number of morpholine rings is 1. The van der Waals surface area contributed by atoms with Gasteiger partial charge in [-0.05, 0) is 37.0 Å². The van der Waals surface area contributed by atoms with Gasteiger partial charge in [0.1, 0.15) is 17.8 Å². The molecule has 1 aromatic rings. The van der Waals surface area contributed by atoms with Gasteiger partial charge in [0.15, 0.2) is 0 Å². The number of anilines is 1. The van der Waals surface area contributed by atoms with E-state index in [1.165, 1.54) is 29.6 Å². The van der Waals surface area contributed by atoms with Crippen LogP contribution < -0.4 is 15.4 Å². The minimum absolute atomic E-state index is 0.00419. The van der Waals surface area contributed by atoms with Gasteiger partial charge in [-0.3, -0.25) is 14.5 Å². The average molecular weight is 495 g/mol. The zero-order valence-electron chi connectivity index (χ0n) is 19.3. The van der Waals surface area contributed by atoms with Crippen molar-refractivity contribution in [3.8, 4) is 5.75 Å². The van der Waals surface area contributed by atoms with Crippen LogP contribution in [-0.2, 0) is 24.3 Å². The van der Waals surface area contributed by atoms with Crippen molar-refractivity contribution in [2.75, 3.05) is 45.3 Å². The summed E-state index contributed by atoms with van der Waals surface area (Å²) in [7, 11) is -2.40. The Morgan fingerprint density at radius 3 is 2.68 bits per heavy atom. The van der Waals surface area contributed by atoms with E-state index in [2.05, 4.69) is 10.6 Å². The number of imide groups is 1. The second-order valence-electron chi connectivity index (χ2n) is 8.87. The van der Waals surface area contributed by atoms with Crippen LogP contribution in [0.4, 0.5) is 10.5 Å². The van der Waals surface area contributed by atoms with Crippen LogP contribution in [0.3, 0.4) is 0 Å². The fourth-order valence-electron chi connectivity index (χ4n) is 4.85. The molecule has 12 heteroatoms. The molecule has 2 aliphatic heterocycles. The van der Waals surface area contributed by atoms with Crippen molar-refractivity contribution in [3.63, 3.8) is 0 Å². The van der Waals surface area contributed by atoms with Gasteiger partial charge in [0.05, 0.1) is 30.9 Å². The monoisotopic (exact) mass is 494 g/mol. The number of rotatable bonds is 6. The number of carbonyl (C=O) groups excluding carboxylic acids is 3. The van der Waals surface area contributed by atoms with E-state index in [4.69, 9.17) is 9.47 Å². The maximum atomic E-state index is 13.1. The maximum Gasteiger partial charge on any atom is 0.325 e. The number of ether oxygens (including phenoxy) is 2. The molecule has 1 saturated carbocycles. The molecule has 0 unspecified atom stereocenters. The molecule has 2 saturated heterocycles. The summed E-state index contributed by atoms with van der Waals surface area (Å²) in [6, 6.07) is 3.59. The van der Waals surface area contributed by atoms with Crippen LogP contribution >= 0.6 is 0 Å². The van der Waals surface area contributed by atoms with Gasteiger partial charge < -0.3 is 20.1 Å². The van der Waals surface area contributed by atoms with Crippen molar-refractivity contribution in [1.82, 2.24) is 14.5 Å². The number of carbonyl (C=O) groups is 3. The van der Waals surface area contributed by atoms with E-state index in [-0.39, 0.29) is 35.3 Å². The molecule has 4 amide bonds. The summed E-state index contributed by atoms with van der Waals surface area (Å²) in [4.78, 5) is 39.4. The van der Waals surface area contributed by atoms with Crippen molar-refractivity contribution < 1.29 is 32.3 Å². The Balaban J connectivity index is 1.51. The summed E-state index contributed by atoms with van der Waals surface area (Å²) in [5.74, 6) is -0.796. The first kappa shape index (κ1) is 24.4. The van der Waals surface area contributed by atoms with Crippen molar-refractivity contribution >= 4 is 33.6 Å². The van der Waals surface area contributed by atoms with E-state index in [0.717, 1.165) is 24.2 Å². The smallest absolute Gasteiger partial charge is 0.325 e. The molecule has 0 aromatic heterocycles. The fourth-order valence-corrected chi connectivity index (χ4v) is 6.29. The van der Waals surface area contributed by atoms with E-state index in [1.807, 2.05) is 6.92 Å². The Kier molecular flexibility index (Phi) is 6.83. The number of hydrogen-bond donors (Lipinski definition) is 2. The Morgan fingerprint density at radius 1 is 1.26 bits per heavy atom. The van der Waals surface area contributed by atoms with Gasteiger partial charge >= 0.3 is 6.03 Å². The molecule has 11 nitrogen and oxygen atoms in total. The van der Waals surface area contributed by atoms with Gasteiger partial charge in [-0.25, -0.2) is 13.2 Å². The normalized spacial score (nSPS) is 25.9. The van der Waals surface area contributed by atoms with Crippen LogP contribution in [0.1, 0.15) is 32.6 Å². The summed E-state index contributed by atoms with van der Waals surface area (Å²) >= 11 is 0. The number of hydrogen-bond acceptors (Lipinski definition) is 7. The molecule has 1 spiro atoms. The minimum atomic E-state index is -3.79. The zero-order valence-corrected chi connectivity index (χ0v) is 20.2. The second kappa shape index (κ2) is 9.51. The van der Waals surface area contributed by atoms with Crippen molar-refractivity contribution in [1.29, 1.82) is 0 Å². The van der Waals surface area contributed by atoms with Crippen molar-refractivity contribution in [2.45, 2.75) is 43.0 Å². The highest BCUT2D eigenvalue weighted by Gasteiger charge is 2.55. The van der Waals surface area contributed by atoms with Crippen molar-refractivity contribution in [3.05, 3.63) is 18.2 Å². The standard InChI is InChI=1S/C22H30N4O7S/c1-15-5-3-4-8-22(15)20(28)26(21(29)24-22)14-19(27)23-17-13-16(6-7-18(17)32-2)34(30,31)25-9-11-33-12-10-25/h6-7,13,15H,3-5,8-12,14H2,1-2H3,(H,23,27)(H,24,29)/t15-,22-/m1/s1. The number of methoxy groups -OCH3 is 1. The van der Waals surface area contributed by atoms with Gasteiger partial charge in [0, 0.05) is 13.1 Å². The second-order valence-corrected chi connectivity index (χ2v) is 10.8. The third-order valence-corrected chi connectivity index (χ3v) is 8.75. The van der Waals surface area contributed by atoms with E-state index in [9.17, 15) is 22.8 Å². The van der Waals surface area contributed by atoms with Crippen LogP contribution in [-0.4, -0.2) is 81.0 Å². The first-order chi connectivity index (χ1) is 16.2. The topological polar surface area (TPSA) is 134 Å². The highest BCUT2D eigenvalue weighted by molar-refractivity contribution is 7.89. The third kappa shape index (κ3) is 4.37. The van der Waals surface area contributed by atoms with Gasteiger partial charge in [-0.1, -0.05) is 19.8 Å². The molecule has 34 heavy (non-hydrogen) atoms. The quantitative estimate of drug-likeness (QED) is 0.567. The van der Waals surface area contributed by atoms with Gasteiger partial charge in [0.2, 0.25) is 15.9 Å². The number of benzene rings is 1. The number of nitrogens with zero attached hydrogens (tertiary/aromatic N) is 2. The Hall–Kier alpha value is -2.70. The van der Waals surface area contributed by atoms with E-state index >= 15 is 0 Å². The van der Waals surface area contributed by atoms with Gasteiger partial charge in [-0.15, -0.1) is 0 Å². The molecule has 1 aromatic carbocycles. The molecule has 3 aliphatic rings. The summed E-state index contributed by atoms with van der Waals surface area (Å²) in [5, 5.41) is 5.42. The Bertz CT molecular complexity index is 1090. The largest absolute Gasteiger partial charge is 0.495 e. The molecule has 186 valence electrons. The molecular formula is C22H30N4O7S. The molecule has 2 N–H and O–H groups in total. The lowest BCUT2D eigenvalue weighted by Crippen LogP contribution is -2.54. The van der Waals surface area contributed by atoms with E-state index in [1.54, 1.807) is 0 Å². The number of sulfonamides is 1. The molecule has 2 heterocycles. The lowest BCUT2D eigenvalue weighted by atomic mass is 9.73. The van der Waals surface area contributed by atoms with E-state index < -0.39 is 40.0 Å². The third-order valence-electron chi connectivity index (χ3n) is 6.86. The fraction of sp³-hybridized carbons (Fsp3) is 0.591. The highest BCUT2D eigenvalue weighted by atomic mass is 32.2. The minimum Gasteiger partial charge on any atom is -0.495 e. The van der Waals surface area contributed by atoms with Crippen LogP contribution in [0.15, 0.2) is 23.1 Å². The lowest BCUT2D eigenvalue weighted by molar-refractivity contribution is -0.136. The molecule has 4 rings (SSSR count).